The molecule has 0 fully saturated rings. The Morgan fingerprint density at radius 2 is 1.31 bits per heavy atom. The van der Waals surface area contributed by atoms with Crippen molar-refractivity contribution in [3.63, 3.8) is 0 Å². The molecule has 35 heavy (non-hydrogen) atoms. The smallest absolute Gasteiger partial charge is 0.136 e. The van der Waals surface area contributed by atoms with Crippen molar-refractivity contribution in [1.82, 2.24) is 0 Å². The Bertz CT molecular complexity index is 2710. The van der Waals surface area contributed by atoms with Crippen LogP contribution in [0.15, 0.2) is 125 Å². The summed E-state index contributed by atoms with van der Waals surface area (Å²) in [4.78, 5) is 0. The molecule has 0 N–H and O–H groups in total. The van der Waals surface area contributed by atoms with Crippen molar-refractivity contribution >= 4 is 65.0 Å². The second-order valence-electron chi connectivity index (χ2n) is 8.47. The molecule has 1 aromatic heterocycles. The van der Waals surface area contributed by atoms with Crippen LogP contribution in [-0.2, 0) is 0 Å². The topological polar surface area (TPSA) is 13.1 Å². The second-order valence-corrected chi connectivity index (χ2v) is 8.47. The van der Waals surface area contributed by atoms with E-state index >= 15 is 0 Å². The van der Waals surface area contributed by atoms with Crippen LogP contribution in [0.25, 0.3) is 76.2 Å². The monoisotopic (exact) mass is 455 g/mol. The molecule has 1 heterocycles. The summed E-state index contributed by atoms with van der Waals surface area (Å²) < 4.78 is 102. The molecular formula is C34H20O. The van der Waals surface area contributed by atoms with Gasteiger partial charge in [0.2, 0.25) is 0 Å². The molecule has 0 saturated heterocycles. The van der Waals surface area contributed by atoms with Gasteiger partial charge in [-0.1, -0.05) is 96.8 Å². The van der Waals surface area contributed by atoms with E-state index in [-0.39, 0.29) is 37.9 Å². The average Bonchev–Trinajstić information content (AvgIpc) is 3.44. The molecule has 0 saturated carbocycles. The summed E-state index contributed by atoms with van der Waals surface area (Å²) in [6.07, 6.45) is 0. The van der Waals surface area contributed by atoms with Gasteiger partial charge in [0.15, 0.2) is 0 Å². The molecule has 162 valence electrons. The number of hydrogen-bond acceptors (Lipinski definition) is 1. The zero-order valence-electron chi connectivity index (χ0n) is 29.1. The molecule has 0 aliphatic carbocycles. The Labute approximate surface area is 217 Å². The van der Waals surface area contributed by atoms with Gasteiger partial charge in [-0.2, -0.15) is 0 Å². The van der Waals surface area contributed by atoms with Crippen LogP contribution in [-0.4, -0.2) is 0 Å². The minimum atomic E-state index is -0.580. The van der Waals surface area contributed by atoms with Crippen LogP contribution in [0.3, 0.4) is 0 Å². The number of furan rings is 1. The van der Waals surface area contributed by atoms with Crippen molar-refractivity contribution in [3.8, 4) is 11.1 Å². The Hall–Kier alpha value is -4.62. The van der Waals surface area contributed by atoms with Crippen LogP contribution in [0.5, 0.6) is 0 Å². The fourth-order valence-electron chi connectivity index (χ4n) is 5.05. The molecule has 0 unspecified atom stereocenters. The summed E-state index contributed by atoms with van der Waals surface area (Å²) in [5, 5.41) is 2.81. The first kappa shape index (κ1) is 11.2. The minimum absolute atomic E-state index is 0.0120. The Balaban J connectivity index is 1.68. The molecule has 8 aromatic rings. The highest BCUT2D eigenvalue weighted by molar-refractivity contribution is 6.22. The van der Waals surface area contributed by atoms with Crippen LogP contribution in [0.2, 0.25) is 0 Å². The van der Waals surface area contributed by atoms with Crippen LogP contribution < -0.4 is 0 Å². The van der Waals surface area contributed by atoms with Gasteiger partial charge in [0.05, 0.1) is 15.1 Å². The van der Waals surface area contributed by atoms with E-state index in [0.717, 1.165) is 16.2 Å². The summed E-state index contributed by atoms with van der Waals surface area (Å²) >= 11 is 0. The zero-order chi connectivity index (χ0) is 32.5. The van der Waals surface area contributed by atoms with Crippen molar-refractivity contribution in [2.75, 3.05) is 0 Å². The lowest BCUT2D eigenvalue weighted by Gasteiger charge is -2.14. The lowest BCUT2D eigenvalue weighted by molar-refractivity contribution is 0.669. The predicted octanol–water partition coefficient (Wildman–Crippen LogP) is 9.87. The van der Waals surface area contributed by atoms with E-state index in [2.05, 4.69) is 0 Å². The van der Waals surface area contributed by atoms with Gasteiger partial charge in [0.25, 0.3) is 0 Å². The maximum atomic E-state index is 9.28. The first-order valence-corrected chi connectivity index (χ1v) is 11.1. The van der Waals surface area contributed by atoms with Gasteiger partial charge in [-0.3, -0.25) is 0 Å². The van der Waals surface area contributed by atoms with Crippen molar-refractivity contribution in [3.05, 3.63) is 121 Å². The SMILES string of the molecule is [2H]c1c([2H])c([2H])c2c([2H])c3c(c([2H])c([2H])c4c([2H])c([2H])c([2H])c([2H])c43)c(-c3ccc4oc5ccc6ccccc6c5c4c3)c2c1[2H]. The standard InChI is InChI=1S/C34H20O/c1-4-10-25-21(7-1)13-16-28-29(25)19-23-9-3-6-12-27(23)33(28)24-15-17-31-30(20-24)34-26-11-5-2-8-22(26)14-18-32(34)35-31/h1-20H/i1D,3D,4D,6D,7D,9D,10D,12D,13D,16D,19D. The van der Waals surface area contributed by atoms with Crippen LogP contribution in [0.4, 0.5) is 0 Å². The number of fused-ring (bicyclic) bond motifs is 9. The molecule has 0 amide bonds. The highest BCUT2D eigenvalue weighted by atomic mass is 16.3. The normalized spacial score (nSPS) is 16.4. The molecule has 0 aliphatic rings. The third-order valence-corrected chi connectivity index (χ3v) is 6.59. The van der Waals surface area contributed by atoms with Crippen LogP contribution in [0, 0.1) is 0 Å². The van der Waals surface area contributed by atoms with E-state index < -0.39 is 66.5 Å². The average molecular weight is 456 g/mol. The molecule has 0 aliphatic heterocycles. The molecule has 0 atom stereocenters. The summed E-state index contributed by atoms with van der Waals surface area (Å²) in [6, 6.07) is 11.4. The Morgan fingerprint density at radius 1 is 0.514 bits per heavy atom. The Morgan fingerprint density at radius 3 is 2.26 bits per heavy atom. The number of hydrogen-bond donors (Lipinski definition) is 0. The molecule has 7 aromatic carbocycles. The lowest BCUT2D eigenvalue weighted by atomic mass is 9.89. The maximum absolute atomic E-state index is 9.28. The molecule has 1 nitrogen and oxygen atoms in total. The zero-order valence-corrected chi connectivity index (χ0v) is 18.1. The molecular weight excluding hydrogens is 424 g/mol. The minimum Gasteiger partial charge on any atom is -0.456 e. The molecule has 1 heteroatoms. The van der Waals surface area contributed by atoms with Crippen molar-refractivity contribution in [2.24, 2.45) is 0 Å². The fourth-order valence-corrected chi connectivity index (χ4v) is 5.05. The van der Waals surface area contributed by atoms with Gasteiger partial charge in [-0.25, -0.2) is 0 Å². The largest absolute Gasteiger partial charge is 0.456 e. The first-order valence-electron chi connectivity index (χ1n) is 16.6. The third-order valence-electron chi connectivity index (χ3n) is 6.59. The fraction of sp³-hybridized carbons (Fsp3) is 0. The third kappa shape index (κ3) is 2.64. The summed E-state index contributed by atoms with van der Waals surface area (Å²) in [5.74, 6) is 0. The van der Waals surface area contributed by atoms with Crippen LogP contribution in [0.1, 0.15) is 15.1 Å². The van der Waals surface area contributed by atoms with E-state index in [1.165, 1.54) is 0 Å². The van der Waals surface area contributed by atoms with E-state index in [0.29, 0.717) is 22.1 Å². The van der Waals surface area contributed by atoms with Gasteiger partial charge < -0.3 is 4.42 Å². The first-order chi connectivity index (χ1) is 21.9. The van der Waals surface area contributed by atoms with Gasteiger partial charge >= 0.3 is 0 Å². The quantitative estimate of drug-likeness (QED) is 0.177. The predicted molar refractivity (Wildman–Crippen MR) is 149 cm³/mol. The number of rotatable bonds is 1. The van der Waals surface area contributed by atoms with Gasteiger partial charge in [-0.15, -0.1) is 0 Å². The number of benzene rings is 7. The second kappa shape index (κ2) is 6.94. The van der Waals surface area contributed by atoms with Gasteiger partial charge in [0.1, 0.15) is 11.2 Å². The van der Waals surface area contributed by atoms with E-state index in [1.807, 2.05) is 36.4 Å². The van der Waals surface area contributed by atoms with Crippen molar-refractivity contribution in [1.29, 1.82) is 0 Å². The highest BCUT2D eigenvalue weighted by Crippen LogP contribution is 2.42. The van der Waals surface area contributed by atoms with E-state index in [1.54, 1.807) is 18.2 Å². The highest BCUT2D eigenvalue weighted by Gasteiger charge is 2.15. The van der Waals surface area contributed by atoms with Crippen LogP contribution >= 0.6 is 0 Å². The summed E-state index contributed by atoms with van der Waals surface area (Å²) in [6.45, 7) is 0. The maximum Gasteiger partial charge on any atom is 0.136 e. The van der Waals surface area contributed by atoms with Gasteiger partial charge in [0, 0.05) is 10.8 Å². The molecule has 0 spiro atoms. The van der Waals surface area contributed by atoms with Crippen molar-refractivity contribution in [2.45, 2.75) is 0 Å². The molecule has 0 bridgehead atoms. The van der Waals surface area contributed by atoms with E-state index in [9.17, 15) is 2.74 Å². The lowest BCUT2D eigenvalue weighted by Crippen LogP contribution is -1.87. The van der Waals surface area contributed by atoms with E-state index in [4.69, 9.17) is 16.8 Å². The molecule has 8 rings (SSSR count). The molecule has 0 radical (unpaired) electrons. The summed E-state index contributed by atoms with van der Waals surface area (Å²) in [7, 11) is 0. The Kier molecular flexibility index (Phi) is 2.22. The van der Waals surface area contributed by atoms with Crippen molar-refractivity contribution < 1.29 is 19.5 Å². The van der Waals surface area contributed by atoms with Gasteiger partial charge in [-0.05, 0) is 78.5 Å². The summed E-state index contributed by atoms with van der Waals surface area (Å²) in [5.41, 5.74) is 1.80.